The Morgan fingerprint density at radius 1 is 1.16 bits per heavy atom. The van der Waals surface area contributed by atoms with Gasteiger partial charge in [0.1, 0.15) is 16.7 Å². The van der Waals surface area contributed by atoms with Crippen molar-refractivity contribution in [1.82, 2.24) is 9.88 Å². The summed E-state index contributed by atoms with van der Waals surface area (Å²) in [5.41, 5.74) is 1.08. The Kier molecular flexibility index (Phi) is 6.93. The molecule has 1 aliphatic heterocycles. The summed E-state index contributed by atoms with van der Waals surface area (Å²) in [4.78, 5) is 44.4. The molecule has 0 aliphatic carbocycles. The van der Waals surface area contributed by atoms with Crippen LogP contribution in [0.5, 0.6) is 0 Å². The second-order valence-electron chi connectivity index (χ2n) is 8.84. The molecule has 0 saturated carbocycles. The molecule has 2 amide bonds. The molecule has 1 aromatic heterocycles. The molecule has 11 heteroatoms. The highest BCUT2D eigenvalue weighted by atomic mass is 79.9. The van der Waals surface area contributed by atoms with Gasteiger partial charge in [-0.25, -0.2) is 9.37 Å². The lowest BCUT2D eigenvalue weighted by Crippen LogP contribution is -2.44. The number of carbonyl (C=O) groups excluding carboxylic acids is 3. The molecule has 8 nitrogen and oxygen atoms in total. The van der Waals surface area contributed by atoms with Crippen molar-refractivity contribution in [1.29, 1.82) is 0 Å². The number of hydrogen-bond acceptors (Lipinski definition) is 6. The van der Waals surface area contributed by atoms with E-state index in [1.807, 2.05) is 0 Å². The first-order valence-corrected chi connectivity index (χ1v) is 12.7. The third-order valence-corrected chi connectivity index (χ3v) is 7.43. The van der Waals surface area contributed by atoms with E-state index in [0.717, 1.165) is 0 Å². The average molecular weight is 601 g/mol. The molecule has 3 aromatic carbocycles. The molecular weight excluding hydrogens is 581 g/mol. The number of esters is 1. The largest absolute Gasteiger partial charge is 0.468 e. The normalized spacial score (nSPS) is 17.0. The van der Waals surface area contributed by atoms with E-state index in [9.17, 15) is 18.8 Å². The number of rotatable bonds is 4. The summed E-state index contributed by atoms with van der Waals surface area (Å²) in [6, 6.07) is 15.7. The van der Waals surface area contributed by atoms with Gasteiger partial charge in [-0.3, -0.25) is 14.4 Å². The fourth-order valence-corrected chi connectivity index (χ4v) is 5.20. The lowest BCUT2D eigenvalue weighted by Gasteiger charge is -2.27. The standard InChI is InChI=1S/C27H20BrClFN3O5/c1-37-26(36)27(15-3-2-4-16(29)11-15)9-10-33(14-27)25(35)23(34)31-18-6-8-22-21(13-18)32-24(38-22)19-12-17(30)5-7-20(19)28/h2-8,11-13H,9-10,14H2,1H3,(H,31,34). The fraction of sp³-hybridized carbons (Fsp3) is 0.185. The van der Waals surface area contributed by atoms with E-state index in [4.69, 9.17) is 20.8 Å². The molecule has 0 bridgehead atoms. The number of carbonyl (C=O) groups is 3. The quantitative estimate of drug-likeness (QED) is 0.251. The van der Waals surface area contributed by atoms with E-state index in [1.165, 1.54) is 24.1 Å². The van der Waals surface area contributed by atoms with Gasteiger partial charge in [0.05, 0.1) is 12.7 Å². The Hall–Kier alpha value is -3.76. The van der Waals surface area contributed by atoms with Crippen molar-refractivity contribution in [3.8, 4) is 11.5 Å². The summed E-state index contributed by atoms with van der Waals surface area (Å²) < 4.78 is 25.1. The van der Waals surface area contributed by atoms with Gasteiger partial charge in [-0.2, -0.15) is 0 Å². The Morgan fingerprint density at radius 3 is 2.74 bits per heavy atom. The maximum atomic E-state index is 13.7. The number of anilines is 1. The number of nitrogens with one attached hydrogen (secondary N) is 1. The first-order chi connectivity index (χ1) is 18.2. The molecule has 1 atom stereocenters. The third kappa shape index (κ3) is 4.77. The zero-order valence-electron chi connectivity index (χ0n) is 20.0. The number of oxazole rings is 1. The van der Waals surface area contributed by atoms with Crippen LogP contribution in [-0.4, -0.2) is 47.9 Å². The van der Waals surface area contributed by atoms with Crippen LogP contribution in [0.3, 0.4) is 0 Å². The Labute approximate surface area is 229 Å². The highest BCUT2D eigenvalue weighted by Gasteiger charge is 2.49. The lowest BCUT2D eigenvalue weighted by atomic mass is 9.79. The first kappa shape index (κ1) is 25.9. The van der Waals surface area contributed by atoms with Gasteiger partial charge in [0.2, 0.25) is 5.89 Å². The molecule has 2 heterocycles. The van der Waals surface area contributed by atoms with Gasteiger partial charge in [-0.15, -0.1) is 0 Å². The molecule has 0 radical (unpaired) electrons. The van der Waals surface area contributed by atoms with Crippen molar-refractivity contribution >= 4 is 62.1 Å². The molecule has 1 unspecified atom stereocenters. The zero-order valence-corrected chi connectivity index (χ0v) is 22.3. The van der Waals surface area contributed by atoms with E-state index in [-0.39, 0.29) is 25.4 Å². The molecular formula is C27H20BrClFN3O5. The number of fused-ring (bicyclic) bond motifs is 1. The molecule has 4 aromatic rings. The van der Waals surface area contributed by atoms with E-state index >= 15 is 0 Å². The minimum Gasteiger partial charge on any atom is -0.468 e. The van der Waals surface area contributed by atoms with Crippen LogP contribution < -0.4 is 5.32 Å². The molecule has 1 N–H and O–H groups in total. The molecule has 0 spiro atoms. The van der Waals surface area contributed by atoms with Crippen molar-refractivity contribution in [3.63, 3.8) is 0 Å². The highest BCUT2D eigenvalue weighted by molar-refractivity contribution is 9.10. The van der Waals surface area contributed by atoms with Gasteiger partial charge in [0.15, 0.2) is 5.58 Å². The van der Waals surface area contributed by atoms with E-state index in [1.54, 1.807) is 48.5 Å². The van der Waals surface area contributed by atoms with E-state index < -0.39 is 29.0 Å². The number of methoxy groups -OCH3 is 1. The Bertz CT molecular complexity index is 1590. The number of likely N-dealkylation sites (tertiary alicyclic amines) is 1. The number of halogens is 3. The molecule has 1 fully saturated rings. The monoisotopic (exact) mass is 599 g/mol. The van der Waals surface area contributed by atoms with Gasteiger partial charge in [-0.05, 0) is 76.4 Å². The fourth-order valence-electron chi connectivity index (χ4n) is 4.59. The second kappa shape index (κ2) is 10.2. The van der Waals surface area contributed by atoms with Gasteiger partial charge >= 0.3 is 17.8 Å². The Morgan fingerprint density at radius 2 is 1.97 bits per heavy atom. The molecule has 194 valence electrons. The third-order valence-electron chi connectivity index (χ3n) is 6.51. The van der Waals surface area contributed by atoms with E-state index in [0.29, 0.717) is 37.4 Å². The van der Waals surface area contributed by atoms with Crippen molar-refractivity contribution < 1.29 is 27.9 Å². The predicted octanol–water partition coefficient (Wildman–Crippen LogP) is 5.33. The van der Waals surface area contributed by atoms with Gasteiger partial charge in [0, 0.05) is 28.3 Å². The molecule has 38 heavy (non-hydrogen) atoms. The maximum absolute atomic E-state index is 13.7. The van der Waals surface area contributed by atoms with Crippen LogP contribution in [0, 0.1) is 5.82 Å². The van der Waals surface area contributed by atoms with Crippen molar-refractivity contribution in [3.05, 3.63) is 81.5 Å². The van der Waals surface area contributed by atoms with Crippen LogP contribution in [0.2, 0.25) is 5.02 Å². The van der Waals surface area contributed by atoms with Crippen molar-refractivity contribution in [2.45, 2.75) is 11.8 Å². The summed E-state index contributed by atoms with van der Waals surface area (Å²) in [7, 11) is 1.28. The number of nitrogens with zero attached hydrogens (tertiary/aromatic N) is 2. The van der Waals surface area contributed by atoms with E-state index in [2.05, 4.69) is 26.2 Å². The lowest BCUT2D eigenvalue weighted by molar-refractivity contribution is -0.148. The number of aromatic nitrogens is 1. The number of amides is 2. The van der Waals surface area contributed by atoms with Crippen LogP contribution in [0.25, 0.3) is 22.6 Å². The number of ether oxygens (including phenoxy) is 1. The number of hydrogen-bond donors (Lipinski definition) is 1. The van der Waals surface area contributed by atoms with Crippen LogP contribution >= 0.6 is 27.5 Å². The first-order valence-electron chi connectivity index (χ1n) is 11.5. The van der Waals surface area contributed by atoms with Gasteiger partial charge in [0.25, 0.3) is 0 Å². The predicted molar refractivity (Wildman–Crippen MR) is 142 cm³/mol. The van der Waals surface area contributed by atoms with Crippen LogP contribution in [0.1, 0.15) is 12.0 Å². The SMILES string of the molecule is COC(=O)C1(c2cccc(Cl)c2)CCN(C(=O)C(=O)Nc2ccc3oc(-c4cc(F)ccc4Br)nc3c2)C1. The highest BCUT2D eigenvalue weighted by Crippen LogP contribution is 2.37. The maximum Gasteiger partial charge on any atom is 0.318 e. The van der Waals surface area contributed by atoms with Crippen molar-refractivity contribution in [2.24, 2.45) is 0 Å². The smallest absolute Gasteiger partial charge is 0.318 e. The Balaban J connectivity index is 1.34. The zero-order chi connectivity index (χ0) is 27.0. The molecule has 1 saturated heterocycles. The summed E-state index contributed by atoms with van der Waals surface area (Å²) in [5.74, 6) is -2.41. The number of benzene rings is 3. The van der Waals surface area contributed by atoms with Crippen LogP contribution in [-0.2, 0) is 24.5 Å². The molecule has 5 rings (SSSR count). The summed E-state index contributed by atoms with van der Waals surface area (Å²) in [6.07, 6.45) is 0.280. The van der Waals surface area contributed by atoms with Gasteiger partial charge in [-0.1, -0.05) is 23.7 Å². The minimum atomic E-state index is -1.13. The molecule has 1 aliphatic rings. The summed E-state index contributed by atoms with van der Waals surface area (Å²) in [5, 5.41) is 3.03. The topological polar surface area (TPSA) is 102 Å². The van der Waals surface area contributed by atoms with Gasteiger partial charge < -0.3 is 19.4 Å². The average Bonchev–Trinajstić information content (AvgIpc) is 3.54. The van der Waals surface area contributed by atoms with Crippen molar-refractivity contribution in [2.75, 3.05) is 25.5 Å². The minimum absolute atomic E-state index is 0.0273. The second-order valence-corrected chi connectivity index (χ2v) is 10.1. The summed E-state index contributed by atoms with van der Waals surface area (Å²) in [6.45, 7) is 0.155. The summed E-state index contributed by atoms with van der Waals surface area (Å²) >= 11 is 9.50. The van der Waals surface area contributed by atoms with Crippen LogP contribution in [0.15, 0.2) is 69.6 Å². The van der Waals surface area contributed by atoms with Crippen LogP contribution in [0.4, 0.5) is 10.1 Å².